The van der Waals surface area contributed by atoms with Crippen LogP contribution in [0.2, 0.25) is 0 Å². The molecule has 0 N–H and O–H groups in total. The van der Waals surface area contributed by atoms with Crippen LogP contribution in [0.25, 0.3) is 0 Å². The van der Waals surface area contributed by atoms with Gasteiger partial charge in [-0.25, -0.2) is 22.4 Å². The molecule has 30 heavy (non-hydrogen) atoms. The lowest BCUT2D eigenvalue weighted by Crippen LogP contribution is -2.32. The molecular weight excluding hydrogens is 408 g/mol. The summed E-state index contributed by atoms with van der Waals surface area (Å²) in [5, 5.41) is 0. The van der Waals surface area contributed by atoms with Gasteiger partial charge in [-0.05, 0) is 35.4 Å². The summed E-state index contributed by atoms with van der Waals surface area (Å²) < 4.78 is 74.6. The zero-order valence-corrected chi connectivity index (χ0v) is 15.7. The molecule has 0 radical (unpaired) electrons. The summed E-state index contributed by atoms with van der Waals surface area (Å²) >= 11 is 0. The highest BCUT2D eigenvalue weighted by molar-refractivity contribution is 5.60. The van der Waals surface area contributed by atoms with Crippen LogP contribution in [0.5, 0.6) is 0 Å². The van der Waals surface area contributed by atoms with Gasteiger partial charge in [0.25, 0.3) is 0 Å². The fourth-order valence-corrected chi connectivity index (χ4v) is 3.24. The van der Waals surface area contributed by atoms with E-state index in [2.05, 4.69) is 0 Å². The second-order valence-corrected chi connectivity index (χ2v) is 7.27. The molecule has 2 aromatic carbocycles. The number of ether oxygens (including phenoxy) is 4. The molecule has 2 saturated heterocycles. The van der Waals surface area contributed by atoms with Crippen molar-refractivity contribution < 1.29 is 41.3 Å². The molecule has 160 valence electrons. The Balaban J connectivity index is 1.39. The van der Waals surface area contributed by atoms with Crippen LogP contribution in [0.1, 0.15) is 11.1 Å². The molecule has 2 aliphatic rings. The summed E-state index contributed by atoms with van der Waals surface area (Å²) in [6.45, 7) is 0.682. The Bertz CT molecular complexity index is 816. The molecule has 0 saturated carbocycles. The van der Waals surface area contributed by atoms with E-state index in [9.17, 15) is 22.4 Å². The zero-order valence-electron chi connectivity index (χ0n) is 15.7. The van der Waals surface area contributed by atoms with Crippen molar-refractivity contribution in [2.45, 2.75) is 37.3 Å². The number of carbonyl (C=O) groups is 1. The molecule has 0 spiro atoms. The zero-order chi connectivity index (χ0) is 21.3. The van der Waals surface area contributed by atoms with E-state index < -0.39 is 53.8 Å². The van der Waals surface area contributed by atoms with Crippen LogP contribution in [0.3, 0.4) is 0 Å². The Kier molecular flexibility index (Phi) is 5.92. The predicted molar refractivity (Wildman–Crippen MR) is 94.7 cm³/mol. The Morgan fingerprint density at radius 2 is 1.10 bits per heavy atom. The van der Waals surface area contributed by atoms with E-state index in [0.29, 0.717) is 24.3 Å². The fourth-order valence-electron chi connectivity index (χ4n) is 3.24. The van der Waals surface area contributed by atoms with Gasteiger partial charge in [-0.15, -0.1) is 0 Å². The maximum Gasteiger partial charge on any atom is 0.509 e. The average Bonchev–Trinajstić information content (AvgIpc) is 3.53. The summed E-state index contributed by atoms with van der Waals surface area (Å²) in [6.07, 6.45) is -3.36. The third kappa shape index (κ3) is 5.70. The van der Waals surface area contributed by atoms with Crippen molar-refractivity contribution in [2.24, 2.45) is 0 Å². The number of benzene rings is 2. The van der Waals surface area contributed by atoms with Crippen LogP contribution in [-0.2, 0) is 31.8 Å². The van der Waals surface area contributed by atoms with Crippen molar-refractivity contribution in [3.8, 4) is 0 Å². The molecule has 2 aliphatic heterocycles. The number of rotatable bonds is 8. The topological polar surface area (TPSA) is 60.6 Å². The monoisotopic (exact) mass is 426 g/mol. The van der Waals surface area contributed by atoms with Crippen molar-refractivity contribution in [3.05, 3.63) is 70.8 Å². The lowest BCUT2D eigenvalue weighted by molar-refractivity contribution is -0.0149. The molecule has 5 nitrogen and oxygen atoms in total. The smallest absolute Gasteiger partial charge is 0.428 e. The fraction of sp³-hybridized carbons (Fsp3) is 0.381. The quantitative estimate of drug-likeness (QED) is 0.366. The summed E-state index contributed by atoms with van der Waals surface area (Å²) in [5.74, 6) is -2.96. The normalized spacial score (nSPS) is 21.6. The van der Waals surface area contributed by atoms with Crippen molar-refractivity contribution in [1.82, 2.24) is 0 Å². The first-order chi connectivity index (χ1) is 14.4. The summed E-state index contributed by atoms with van der Waals surface area (Å²) in [4.78, 5) is 12.3. The Morgan fingerprint density at radius 1 is 0.767 bits per heavy atom. The van der Waals surface area contributed by atoms with Crippen LogP contribution in [-0.4, -0.2) is 43.8 Å². The minimum absolute atomic E-state index is 0.0359. The number of hydrogen-bond acceptors (Lipinski definition) is 5. The molecule has 4 rings (SSSR count). The molecule has 0 amide bonds. The van der Waals surface area contributed by atoms with Gasteiger partial charge >= 0.3 is 6.16 Å². The third-order valence-corrected chi connectivity index (χ3v) is 4.76. The molecule has 2 fully saturated rings. The lowest BCUT2D eigenvalue weighted by Gasteiger charge is -2.20. The Morgan fingerprint density at radius 3 is 1.40 bits per heavy atom. The van der Waals surface area contributed by atoms with Gasteiger partial charge in [0, 0.05) is 25.0 Å². The Hall–Kier alpha value is -2.65. The predicted octanol–water partition coefficient (Wildman–Crippen LogP) is 3.72. The maximum atomic E-state index is 13.4. The molecule has 2 aromatic rings. The highest BCUT2D eigenvalue weighted by Gasteiger charge is 2.39. The summed E-state index contributed by atoms with van der Waals surface area (Å²) in [7, 11) is 0. The van der Waals surface area contributed by atoms with Gasteiger partial charge in [0.05, 0.1) is 13.2 Å². The van der Waals surface area contributed by atoms with E-state index in [1.54, 1.807) is 0 Å². The van der Waals surface area contributed by atoms with Crippen LogP contribution < -0.4 is 0 Å². The molecule has 0 bridgehead atoms. The van der Waals surface area contributed by atoms with Gasteiger partial charge in [-0.1, -0.05) is 0 Å². The number of epoxide rings is 2. The van der Waals surface area contributed by atoms with E-state index in [1.165, 1.54) is 0 Å². The molecule has 0 aromatic heterocycles. The standard InChI is InChI=1S/C21H18F4O5/c22-13-1-11(2-14(23)7-13)5-17(19-9-27-19)29-21(26)30-18(20-10-28-20)6-12-3-15(24)8-16(25)4-12/h1-4,7-8,17-20H,5-6,9-10H2/t17-,18-,19-,20-/m0/s1. The highest BCUT2D eigenvalue weighted by Crippen LogP contribution is 2.25. The Labute approximate surface area is 169 Å². The minimum Gasteiger partial charge on any atom is -0.428 e. The first kappa shape index (κ1) is 20.6. The highest BCUT2D eigenvalue weighted by atomic mass is 19.1. The van der Waals surface area contributed by atoms with Gasteiger partial charge in [-0.3, -0.25) is 0 Å². The van der Waals surface area contributed by atoms with Crippen molar-refractivity contribution in [3.63, 3.8) is 0 Å². The van der Waals surface area contributed by atoms with Gasteiger partial charge in [0.1, 0.15) is 47.7 Å². The lowest BCUT2D eigenvalue weighted by atomic mass is 10.1. The van der Waals surface area contributed by atoms with Gasteiger partial charge in [-0.2, -0.15) is 0 Å². The first-order valence-electron chi connectivity index (χ1n) is 9.36. The second kappa shape index (κ2) is 8.61. The third-order valence-electron chi connectivity index (χ3n) is 4.76. The second-order valence-electron chi connectivity index (χ2n) is 7.27. The number of halogens is 4. The van der Waals surface area contributed by atoms with Crippen LogP contribution in [0.15, 0.2) is 36.4 Å². The SMILES string of the molecule is O=C(O[C@@H](Cc1cc(F)cc(F)c1)[C@@H]1CO1)O[C@@H](Cc1cc(F)cc(F)c1)[C@@H]1CO1. The first-order valence-corrected chi connectivity index (χ1v) is 9.36. The molecule has 4 atom stereocenters. The van der Waals surface area contributed by atoms with Crippen LogP contribution in [0.4, 0.5) is 22.4 Å². The van der Waals surface area contributed by atoms with E-state index >= 15 is 0 Å². The summed E-state index contributed by atoms with van der Waals surface area (Å²) in [5.41, 5.74) is 0.608. The van der Waals surface area contributed by atoms with E-state index in [1.807, 2.05) is 0 Å². The molecule has 0 aliphatic carbocycles. The van der Waals surface area contributed by atoms with E-state index in [4.69, 9.17) is 18.9 Å². The van der Waals surface area contributed by atoms with Crippen molar-refractivity contribution in [1.29, 1.82) is 0 Å². The van der Waals surface area contributed by atoms with Crippen molar-refractivity contribution in [2.75, 3.05) is 13.2 Å². The molecule has 9 heteroatoms. The molecular formula is C21H18F4O5. The summed E-state index contributed by atoms with van der Waals surface area (Å²) in [6, 6.07) is 6.07. The number of carbonyl (C=O) groups excluding carboxylic acids is 1. The van der Waals surface area contributed by atoms with Crippen molar-refractivity contribution >= 4 is 6.16 Å². The number of hydrogen-bond donors (Lipinski definition) is 0. The minimum atomic E-state index is -1.02. The average molecular weight is 426 g/mol. The van der Waals surface area contributed by atoms with E-state index in [-0.39, 0.29) is 12.8 Å². The molecule has 0 unspecified atom stereocenters. The maximum absolute atomic E-state index is 13.4. The molecule has 2 heterocycles. The van der Waals surface area contributed by atoms with Crippen LogP contribution in [0, 0.1) is 23.3 Å². The van der Waals surface area contributed by atoms with E-state index in [0.717, 1.165) is 36.4 Å². The van der Waals surface area contributed by atoms with Gasteiger partial charge < -0.3 is 18.9 Å². The van der Waals surface area contributed by atoms with Gasteiger partial charge in [0.15, 0.2) is 0 Å². The van der Waals surface area contributed by atoms with Gasteiger partial charge in [0.2, 0.25) is 0 Å². The van der Waals surface area contributed by atoms with Crippen LogP contribution >= 0.6 is 0 Å². The largest absolute Gasteiger partial charge is 0.509 e.